The van der Waals surface area contributed by atoms with E-state index in [1.165, 1.54) is 0 Å². The van der Waals surface area contributed by atoms with Gasteiger partial charge < -0.3 is 24.3 Å². The standard InChI is InChI=1S/C20H18Cl3N3O4/c21-10-2-1-3-11(22)9(10)4-5-13-12(23)6-14-19(24-13)26-20(25-14)30-16-8-29-17-15(27)7-28-18(16)17/h1-3,6,15-18,27H,4-5,7-8H2,(H,24,25,26)/t15-,16-,17-,18-/m1/s1. The Morgan fingerprint density at radius 1 is 1.03 bits per heavy atom. The van der Waals surface area contributed by atoms with Crippen molar-refractivity contribution in [2.75, 3.05) is 13.2 Å². The van der Waals surface area contributed by atoms with E-state index in [1.807, 2.05) is 18.2 Å². The average molecular weight is 471 g/mol. The fraction of sp³-hybridized carbons (Fsp3) is 0.400. The number of aromatic amines is 1. The number of H-pyrrole nitrogens is 1. The molecule has 0 spiro atoms. The molecule has 30 heavy (non-hydrogen) atoms. The van der Waals surface area contributed by atoms with Gasteiger partial charge in [0.1, 0.15) is 18.3 Å². The van der Waals surface area contributed by atoms with Gasteiger partial charge in [-0.25, -0.2) is 4.98 Å². The lowest BCUT2D eigenvalue weighted by atomic mass is 10.1. The Bertz CT molecular complexity index is 1070. The number of rotatable bonds is 5. The first-order valence-electron chi connectivity index (χ1n) is 9.55. The number of hydrogen-bond donors (Lipinski definition) is 2. The van der Waals surface area contributed by atoms with E-state index >= 15 is 0 Å². The molecule has 2 aromatic heterocycles. The van der Waals surface area contributed by atoms with Crippen molar-refractivity contribution >= 4 is 46.0 Å². The zero-order valence-corrected chi connectivity index (χ0v) is 17.9. The summed E-state index contributed by atoms with van der Waals surface area (Å²) in [7, 11) is 0. The normalized spacial score (nSPS) is 25.7. The van der Waals surface area contributed by atoms with Crippen molar-refractivity contribution in [1.29, 1.82) is 0 Å². The second-order valence-electron chi connectivity index (χ2n) is 7.35. The van der Waals surface area contributed by atoms with Crippen molar-refractivity contribution in [2.45, 2.75) is 37.3 Å². The third-order valence-corrected chi connectivity index (χ3v) is 6.43. The van der Waals surface area contributed by atoms with Crippen molar-refractivity contribution in [3.05, 3.63) is 50.6 Å². The van der Waals surface area contributed by atoms with E-state index in [4.69, 9.17) is 49.0 Å². The van der Waals surface area contributed by atoms with E-state index in [0.29, 0.717) is 57.4 Å². The summed E-state index contributed by atoms with van der Waals surface area (Å²) >= 11 is 18.9. The maximum atomic E-state index is 9.86. The summed E-state index contributed by atoms with van der Waals surface area (Å²) < 4.78 is 17.1. The van der Waals surface area contributed by atoms with E-state index in [-0.39, 0.29) is 24.9 Å². The second kappa shape index (κ2) is 8.15. The molecule has 0 aliphatic carbocycles. The van der Waals surface area contributed by atoms with Gasteiger partial charge >= 0.3 is 0 Å². The number of ether oxygens (including phenoxy) is 3. The summed E-state index contributed by atoms with van der Waals surface area (Å²) in [6.45, 7) is 0.562. The number of imidazole rings is 1. The fourth-order valence-electron chi connectivity index (χ4n) is 3.87. The van der Waals surface area contributed by atoms with Crippen LogP contribution in [-0.2, 0) is 22.3 Å². The molecule has 0 bridgehead atoms. The van der Waals surface area contributed by atoms with Gasteiger partial charge in [-0.1, -0.05) is 40.9 Å². The molecule has 2 aliphatic heterocycles. The van der Waals surface area contributed by atoms with Crippen molar-refractivity contribution in [2.24, 2.45) is 0 Å². The smallest absolute Gasteiger partial charge is 0.296 e. The molecular weight excluding hydrogens is 453 g/mol. The lowest BCUT2D eigenvalue weighted by Gasteiger charge is -2.15. The fourth-order valence-corrected chi connectivity index (χ4v) is 4.70. The summed E-state index contributed by atoms with van der Waals surface area (Å²) in [4.78, 5) is 12.1. The predicted octanol–water partition coefficient (Wildman–Crippen LogP) is 3.61. The van der Waals surface area contributed by atoms with Crippen LogP contribution in [0.15, 0.2) is 24.3 Å². The zero-order chi connectivity index (χ0) is 20.8. The number of nitrogens with zero attached hydrogens (tertiary/aromatic N) is 2. The Balaban J connectivity index is 1.33. The molecule has 2 saturated heterocycles. The number of aryl methyl sites for hydroxylation is 1. The number of aliphatic hydroxyl groups is 1. The number of aliphatic hydroxyl groups excluding tert-OH is 1. The molecule has 0 radical (unpaired) electrons. The Morgan fingerprint density at radius 2 is 1.80 bits per heavy atom. The Labute approximate surface area is 187 Å². The first-order valence-corrected chi connectivity index (χ1v) is 10.7. The second-order valence-corrected chi connectivity index (χ2v) is 8.57. The van der Waals surface area contributed by atoms with E-state index in [9.17, 15) is 5.11 Å². The van der Waals surface area contributed by atoms with Crippen LogP contribution in [0.3, 0.4) is 0 Å². The molecule has 158 valence electrons. The minimum atomic E-state index is -0.631. The first kappa shape index (κ1) is 20.3. The van der Waals surface area contributed by atoms with E-state index in [2.05, 4.69) is 15.0 Å². The van der Waals surface area contributed by atoms with Gasteiger partial charge in [-0.15, -0.1) is 0 Å². The highest BCUT2D eigenvalue weighted by atomic mass is 35.5. The Hall–Kier alpha value is -1.61. The maximum absolute atomic E-state index is 9.86. The quantitative estimate of drug-likeness (QED) is 0.592. The third-order valence-electron chi connectivity index (χ3n) is 5.40. The summed E-state index contributed by atoms with van der Waals surface area (Å²) in [5.41, 5.74) is 2.72. The van der Waals surface area contributed by atoms with Crippen LogP contribution in [0.25, 0.3) is 11.2 Å². The summed E-state index contributed by atoms with van der Waals surface area (Å²) in [5.74, 6) is 0. The van der Waals surface area contributed by atoms with Crippen LogP contribution in [0, 0.1) is 0 Å². The number of pyridine rings is 1. The van der Waals surface area contributed by atoms with E-state index in [0.717, 1.165) is 5.56 Å². The van der Waals surface area contributed by atoms with Crippen LogP contribution in [0.5, 0.6) is 6.01 Å². The lowest BCUT2D eigenvalue weighted by molar-refractivity contribution is 0.00706. The Morgan fingerprint density at radius 3 is 2.60 bits per heavy atom. The Kier molecular flexibility index (Phi) is 5.51. The van der Waals surface area contributed by atoms with Crippen molar-refractivity contribution in [1.82, 2.24) is 15.0 Å². The average Bonchev–Trinajstić information content (AvgIpc) is 3.39. The van der Waals surface area contributed by atoms with Crippen LogP contribution in [0.1, 0.15) is 11.3 Å². The number of aromatic nitrogens is 3. The minimum Gasteiger partial charge on any atom is -0.456 e. The minimum absolute atomic E-state index is 0.241. The molecule has 0 unspecified atom stereocenters. The summed E-state index contributed by atoms with van der Waals surface area (Å²) in [6, 6.07) is 7.51. The van der Waals surface area contributed by atoms with E-state index < -0.39 is 6.10 Å². The molecule has 0 saturated carbocycles. The number of benzene rings is 1. The monoisotopic (exact) mass is 469 g/mol. The zero-order valence-electron chi connectivity index (χ0n) is 15.6. The van der Waals surface area contributed by atoms with Crippen molar-refractivity contribution < 1.29 is 19.3 Å². The highest BCUT2D eigenvalue weighted by molar-refractivity contribution is 6.36. The van der Waals surface area contributed by atoms with Crippen LogP contribution >= 0.6 is 34.8 Å². The van der Waals surface area contributed by atoms with Gasteiger partial charge in [-0.2, -0.15) is 4.98 Å². The molecule has 4 heterocycles. The highest BCUT2D eigenvalue weighted by Gasteiger charge is 2.48. The first-order chi connectivity index (χ1) is 14.5. The van der Waals surface area contributed by atoms with Crippen molar-refractivity contribution in [3.8, 4) is 6.01 Å². The number of nitrogens with one attached hydrogen (secondary N) is 1. The summed E-state index contributed by atoms with van der Waals surface area (Å²) in [6.07, 6.45) is -0.505. The SMILES string of the molecule is O[C@@H]1CO[C@H]2[C@@H]1OC[C@H]2Oc1nc2nc(CCc3c(Cl)cccc3Cl)c(Cl)cc2[nH]1. The largest absolute Gasteiger partial charge is 0.456 e. The molecular formula is C20H18Cl3N3O4. The number of hydrogen-bond acceptors (Lipinski definition) is 6. The van der Waals surface area contributed by atoms with Crippen LogP contribution < -0.4 is 4.74 Å². The van der Waals surface area contributed by atoms with Crippen molar-refractivity contribution in [3.63, 3.8) is 0 Å². The highest BCUT2D eigenvalue weighted by Crippen LogP contribution is 2.31. The van der Waals surface area contributed by atoms with E-state index in [1.54, 1.807) is 6.07 Å². The molecule has 5 rings (SSSR count). The maximum Gasteiger partial charge on any atom is 0.296 e. The molecule has 10 heteroatoms. The molecule has 4 atom stereocenters. The van der Waals surface area contributed by atoms with Gasteiger partial charge in [0.2, 0.25) is 0 Å². The van der Waals surface area contributed by atoms with Gasteiger partial charge in [0.25, 0.3) is 6.01 Å². The molecule has 2 fully saturated rings. The molecule has 2 N–H and O–H groups in total. The molecule has 0 amide bonds. The number of halogens is 3. The molecule has 2 aliphatic rings. The van der Waals surface area contributed by atoms with Crippen LogP contribution in [-0.4, -0.2) is 57.7 Å². The molecule has 1 aromatic carbocycles. The lowest BCUT2D eigenvalue weighted by Crippen LogP contribution is -2.34. The van der Waals surface area contributed by atoms with Gasteiger partial charge in [0.15, 0.2) is 11.8 Å². The van der Waals surface area contributed by atoms with Gasteiger partial charge in [0, 0.05) is 10.0 Å². The number of fused-ring (bicyclic) bond motifs is 2. The third kappa shape index (κ3) is 3.75. The van der Waals surface area contributed by atoms with Crippen LogP contribution in [0.2, 0.25) is 15.1 Å². The van der Waals surface area contributed by atoms with Gasteiger partial charge in [-0.05, 0) is 36.6 Å². The summed E-state index contributed by atoms with van der Waals surface area (Å²) in [5, 5.41) is 11.6. The predicted molar refractivity (Wildman–Crippen MR) is 113 cm³/mol. The molecule has 7 nitrogen and oxygen atoms in total. The molecule has 3 aromatic rings. The van der Waals surface area contributed by atoms with Gasteiger partial charge in [-0.3, -0.25) is 0 Å². The van der Waals surface area contributed by atoms with Gasteiger partial charge in [0.05, 0.1) is 29.4 Å². The van der Waals surface area contributed by atoms with Crippen LogP contribution in [0.4, 0.5) is 0 Å². The topological polar surface area (TPSA) is 89.5 Å².